The van der Waals surface area contributed by atoms with Crippen molar-refractivity contribution >= 4 is 5.91 Å². The van der Waals surface area contributed by atoms with Crippen LogP contribution in [0.25, 0.3) is 0 Å². The third-order valence-corrected chi connectivity index (χ3v) is 4.40. The van der Waals surface area contributed by atoms with Crippen molar-refractivity contribution in [2.45, 2.75) is 63.1 Å². The van der Waals surface area contributed by atoms with Crippen molar-refractivity contribution in [2.24, 2.45) is 0 Å². The Hall–Kier alpha value is -1.72. The van der Waals surface area contributed by atoms with Crippen LogP contribution in [0.15, 0.2) is 30.3 Å². The van der Waals surface area contributed by atoms with E-state index >= 15 is 0 Å². The van der Waals surface area contributed by atoms with Crippen molar-refractivity contribution in [1.82, 2.24) is 5.32 Å². The number of ether oxygens (including phenoxy) is 4. The van der Waals surface area contributed by atoms with Gasteiger partial charge in [0.15, 0.2) is 12.6 Å². The molecule has 0 aliphatic carbocycles. The van der Waals surface area contributed by atoms with Gasteiger partial charge in [0, 0.05) is 5.56 Å². The highest BCUT2D eigenvalue weighted by Gasteiger charge is 2.52. The van der Waals surface area contributed by atoms with E-state index in [9.17, 15) is 23.1 Å². The van der Waals surface area contributed by atoms with E-state index in [1.165, 1.54) is 0 Å². The third kappa shape index (κ3) is 4.64. The minimum Gasteiger partial charge on any atom is -0.388 e. The lowest BCUT2D eigenvalue weighted by Gasteiger charge is -2.48. The van der Waals surface area contributed by atoms with E-state index in [2.05, 4.69) is 0 Å². The van der Waals surface area contributed by atoms with Crippen molar-refractivity contribution in [2.75, 3.05) is 6.61 Å². The number of carbonyl (C=O) groups is 1. The van der Waals surface area contributed by atoms with Crippen molar-refractivity contribution in [1.29, 1.82) is 0 Å². The van der Waals surface area contributed by atoms with E-state index < -0.39 is 55.1 Å². The number of hydrogen-bond donors (Lipinski definition) is 2. The molecular formula is C18H22F3NO6. The second kappa shape index (κ2) is 8.34. The van der Waals surface area contributed by atoms with Crippen LogP contribution in [0.5, 0.6) is 0 Å². The number of halogens is 3. The molecule has 7 nitrogen and oxygen atoms in total. The van der Waals surface area contributed by atoms with E-state index in [4.69, 9.17) is 18.9 Å². The first-order valence-corrected chi connectivity index (χ1v) is 8.85. The zero-order valence-electron chi connectivity index (χ0n) is 15.3. The molecule has 1 amide bonds. The Morgan fingerprint density at radius 1 is 1.25 bits per heavy atom. The van der Waals surface area contributed by atoms with Gasteiger partial charge >= 0.3 is 12.1 Å². The molecule has 2 aliphatic heterocycles. The Morgan fingerprint density at radius 3 is 2.54 bits per heavy atom. The fraction of sp³-hybridized carbons (Fsp3) is 0.611. The van der Waals surface area contributed by atoms with Gasteiger partial charge in [-0.2, -0.15) is 13.2 Å². The first-order valence-electron chi connectivity index (χ1n) is 8.85. The number of hydrogen-bond acceptors (Lipinski definition) is 6. The number of rotatable bonds is 4. The summed E-state index contributed by atoms with van der Waals surface area (Å²) in [6, 6.07) is 7.42. The molecular weight excluding hydrogens is 383 g/mol. The van der Waals surface area contributed by atoms with E-state index in [0.29, 0.717) is 5.56 Å². The summed E-state index contributed by atoms with van der Waals surface area (Å²) in [5.74, 6) is -2.19. The first-order chi connectivity index (χ1) is 13.2. The lowest BCUT2D eigenvalue weighted by atomic mass is 9.95. The Balaban J connectivity index is 1.79. The summed E-state index contributed by atoms with van der Waals surface area (Å²) in [5, 5.41) is 12.5. The van der Waals surface area contributed by atoms with Gasteiger partial charge in [0.2, 0.25) is 0 Å². The van der Waals surface area contributed by atoms with Crippen LogP contribution in [0.1, 0.15) is 25.7 Å². The maximum atomic E-state index is 12.7. The van der Waals surface area contributed by atoms with Crippen molar-refractivity contribution < 1.29 is 42.0 Å². The van der Waals surface area contributed by atoms with Crippen molar-refractivity contribution in [3.63, 3.8) is 0 Å². The van der Waals surface area contributed by atoms with Crippen LogP contribution in [0.3, 0.4) is 0 Å². The van der Waals surface area contributed by atoms with Gasteiger partial charge < -0.3 is 29.4 Å². The molecule has 2 fully saturated rings. The van der Waals surface area contributed by atoms with E-state index in [1.54, 1.807) is 43.4 Å². The van der Waals surface area contributed by atoms with Crippen molar-refractivity contribution in [3.8, 4) is 0 Å². The molecule has 6 atom stereocenters. The monoisotopic (exact) mass is 405 g/mol. The number of nitrogens with one attached hydrogen (secondary N) is 1. The van der Waals surface area contributed by atoms with Gasteiger partial charge in [0.25, 0.3) is 0 Å². The highest BCUT2D eigenvalue weighted by molar-refractivity contribution is 5.82. The molecule has 0 radical (unpaired) electrons. The molecule has 10 heteroatoms. The van der Waals surface area contributed by atoms with Crippen molar-refractivity contribution in [3.05, 3.63) is 35.9 Å². The molecule has 3 unspecified atom stereocenters. The van der Waals surface area contributed by atoms with Crippen LogP contribution in [-0.2, 0) is 23.7 Å². The number of fused-ring (bicyclic) bond motifs is 1. The fourth-order valence-corrected chi connectivity index (χ4v) is 3.14. The highest BCUT2D eigenvalue weighted by atomic mass is 19.4. The van der Waals surface area contributed by atoms with Crippen LogP contribution >= 0.6 is 0 Å². The molecule has 2 saturated heterocycles. The number of aliphatic hydroxyl groups is 1. The molecule has 0 bridgehead atoms. The second-order valence-electron chi connectivity index (χ2n) is 6.89. The van der Waals surface area contributed by atoms with Crippen LogP contribution in [-0.4, -0.2) is 60.5 Å². The summed E-state index contributed by atoms with van der Waals surface area (Å²) in [6.45, 7) is 3.35. The maximum absolute atomic E-state index is 12.7. The third-order valence-electron chi connectivity index (χ3n) is 4.40. The summed E-state index contributed by atoms with van der Waals surface area (Å²) in [4.78, 5) is 11.4. The largest absolute Gasteiger partial charge is 0.471 e. The molecule has 0 saturated carbocycles. The summed E-state index contributed by atoms with van der Waals surface area (Å²) in [6.07, 6.45) is -10.9. The number of aliphatic hydroxyl groups excluding tert-OH is 1. The van der Waals surface area contributed by atoms with Gasteiger partial charge in [-0.05, 0) is 13.8 Å². The quantitative estimate of drug-likeness (QED) is 0.793. The van der Waals surface area contributed by atoms with Gasteiger partial charge in [-0.1, -0.05) is 30.3 Å². The molecule has 156 valence electrons. The molecule has 0 aromatic heterocycles. The van der Waals surface area contributed by atoms with Gasteiger partial charge in [-0.25, -0.2) is 0 Å². The van der Waals surface area contributed by atoms with Crippen LogP contribution < -0.4 is 5.32 Å². The Bertz CT molecular complexity index is 671. The van der Waals surface area contributed by atoms with Crippen LogP contribution in [0.4, 0.5) is 13.2 Å². The molecule has 28 heavy (non-hydrogen) atoms. The molecule has 3 rings (SSSR count). The van der Waals surface area contributed by atoms with E-state index in [0.717, 1.165) is 0 Å². The Kier molecular flexibility index (Phi) is 6.25. The lowest BCUT2D eigenvalue weighted by molar-refractivity contribution is -0.348. The second-order valence-corrected chi connectivity index (χ2v) is 6.89. The summed E-state index contributed by atoms with van der Waals surface area (Å²) < 4.78 is 60.7. The zero-order chi connectivity index (χ0) is 20.5. The average molecular weight is 405 g/mol. The van der Waals surface area contributed by atoms with Gasteiger partial charge in [0.1, 0.15) is 24.4 Å². The fourth-order valence-electron chi connectivity index (χ4n) is 3.14. The topological polar surface area (TPSA) is 86.2 Å². The number of amides is 1. The van der Waals surface area contributed by atoms with E-state index in [1.807, 2.05) is 6.07 Å². The van der Waals surface area contributed by atoms with E-state index in [-0.39, 0.29) is 6.61 Å². The average Bonchev–Trinajstić information content (AvgIpc) is 2.64. The normalized spacial score (nSPS) is 33.4. The molecule has 0 spiro atoms. The van der Waals surface area contributed by atoms with Crippen LogP contribution in [0, 0.1) is 0 Å². The number of alkyl halides is 3. The lowest BCUT2D eigenvalue weighted by Crippen LogP contribution is -2.67. The number of benzene rings is 1. The predicted molar refractivity (Wildman–Crippen MR) is 88.9 cm³/mol. The first kappa shape index (κ1) is 21.0. The summed E-state index contributed by atoms with van der Waals surface area (Å²) in [5.41, 5.74) is 0.685. The minimum absolute atomic E-state index is 0.0409. The summed E-state index contributed by atoms with van der Waals surface area (Å²) >= 11 is 0. The molecule has 2 N–H and O–H groups in total. The summed E-state index contributed by atoms with van der Waals surface area (Å²) in [7, 11) is 0. The van der Waals surface area contributed by atoms with Gasteiger partial charge in [-0.15, -0.1) is 0 Å². The Labute approximate surface area is 159 Å². The highest BCUT2D eigenvalue weighted by Crippen LogP contribution is 2.35. The van der Waals surface area contributed by atoms with Gasteiger partial charge in [0.05, 0.1) is 12.7 Å². The number of carbonyl (C=O) groups excluding carboxylic acids is 1. The Morgan fingerprint density at radius 2 is 1.93 bits per heavy atom. The predicted octanol–water partition coefficient (Wildman–Crippen LogP) is 1.66. The minimum atomic E-state index is -5.11. The zero-order valence-corrected chi connectivity index (χ0v) is 15.3. The molecule has 1 aromatic rings. The smallest absolute Gasteiger partial charge is 0.388 e. The maximum Gasteiger partial charge on any atom is 0.471 e. The molecule has 2 aliphatic rings. The molecule has 1 aromatic carbocycles. The SMILES string of the molecule is CC(C)O[C@@H]1OC2COC(c3ccccc3)O[C@@H]2[C@H](O)C1NC(=O)C(F)(F)F. The van der Waals surface area contributed by atoms with Gasteiger partial charge in [-0.3, -0.25) is 4.79 Å². The molecule has 2 heterocycles. The van der Waals surface area contributed by atoms with Crippen LogP contribution in [0.2, 0.25) is 0 Å². The standard InChI is InChI=1S/C18H22F3NO6/c1-9(2)26-16-12(22-17(24)18(19,20)21)13(23)14-11(27-16)8-25-15(28-14)10-6-4-3-5-7-10/h3-7,9,11-16,23H,8H2,1-2H3,(H,22,24)/t11?,12?,13-,14+,15?,16-/m1/s1.